The van der Waals surface area contributed by atoms with Gasteiger partial charge in [0.25, 0.3) is 0 Å². The van der Waals surface area contributed by atoms with Crippen LogP contribution in [-0.4, -0.2) is 15.8 Å². The summed E-state index contributed by atoms with van der Waals surface area (Å²) in [6.45, 7) is 1.91. The smallest absolute Gasteiger partial charge is 0.203 e. The Labute approximate surface area is 146 Å². The highest BCUT2D eigenvalue weighted by molar-refractivity contribution is 9.10. The number of aromatic nitrogens is 1. The number of halogens is 1. The molecule has 0 saturated heterocycles. The average Bonchev–Trinajstić information content (AvgIpc) is 3.03. The number of benzene rings is 2. The standard InChI is InChI=1S/C17H14BrN3OS/c1-11(12-4-8-15(22)9-5-12)20-21-17-19-16(10-23-17)13-2-6-14(18)7-3-13/h2-10,22H,1H3,(H,19,21). The maximum Gasteiger partial charge on any atom is 0.203 e. The van der Waals surface area contributed by atoms with Gasteiger partial charge in [0.1, 0.15) is 5.75 Å². The van der Waals surface area contributed by atoms with Gasteiger partial charge in [-0.1, -0.05) is 28.1 Å². The van der Waals surface area contributed by atoms with Crippen molar-refractivity contribution in [2.24, 2.45) is 5.10 Å². The number of rotatable bonds is 4. The number of hydrazone groups is 1. The van der Waals surface area contributed by atoms with Crippen LogP contribution in [-0.2, 0) is 0 Å². The number of phenolic OH excluding ortho intramolecular Hbond substituents is 1. The Kier molecular flexibility index (Phi) is 4.73. The largest absolute Gasteiger partial charge is 0.508 e. The van der Waals surface area contributed by atoms with Crippen LogP contribution < -0.4 is 5.43 Å². The number of thiazole rings is 1. The quantitative estimate of drug-likeness (QED) is 0.482. The summed E-state index contributed by atoms with van der Waals surface area (Å²) in [4.78, 5) is 4.53. The lowest BCUT2D eigenvalue weighted by molar-refractivity contribution is 0.475. The molecule has 0 spiro atoms. The van der Waals surface area contributed by atoms with E-state index in [4.69, 9.17) is 0 Å². The van der Waals surface area contributed by atoms with Crippen LogP contribution >= 0.6 is 27.3 Å². The minimum atomic E-state index is 0.244. The molecule has 0 atom stereocenters. The Hall–Kier alpha value is -2.18. The third-order valence-corrected chi connectivity index (χ3v) is 4.52. The van der Waals surface area contributed by atoms with E-state index in [1.165, 1.54) is 11.3 Å². The van der Waals surface area contributed by atoms with Gasteiger partial charge in [0, 0.05) is 15.4 Å². The summed E-state index contributed by atoms with van der Waals surface area (Å²) in [5.41, 5.74) is 6.74. The Bertz CT molecular complexity index is 826. The van der Waals surface area contributed by atoms with Crippen molar-refractivity contribution in [3.63, 3.8) is 0 Å². The molecule has 6 heteroatoms. The topological polar surface area (TPSA) is 57.5 Å². The van der Waals surface area contributed by atoms with E-state index in [1.54, 1.807) is 12.1 Å². The van der Waals surface area contributed by atoms with Crippen LogP contribution in [0.2, 0.25) is 0 Å². The van der Waals surface area contributed by atoms with Crippen molar-refractivity contribution >= 4 is 38.1 Å². The molecule has 2 aromatic carbocycles. The lowest BCUT2D eigenvalue weighted by Gasteiger charge is -2.01. The van der Waals surface area contributed by atoms with Crippen molar-refractivity contribution in [3.8, 4) is 17.0 Å². The van der Waals surface area contributed by atoms with Gasteiger partial charge in [-0.25, -0.2) is 4.98 Å². The van der Waals surface area contributed by atoms with Crippen LogP contribution in [0.5, 0.6) is 5.75 Å². The molecule has 0 aliphatic heterocycles. The maximum absolute atomic E-state index is 9.31. The minimum absolute atomic E-state index is 0.244. The summed E-state index contributed by atoms with van der Waals surface area (Å²) < 4.78 is 1.05. The molecule has 0 aliphatic rings. The first-order chi connectivity index (χ1) is 11.1. The number of nitrogens with zero attached hydrogens (tertiary/aromatic N) is 2. The number of anilines is 1. The summed E-state index contributed by atoms with van der Waals surface area (Å²) in [5.74, 6) is 0.244. The van der Waals surface area contributed by atoms with Crippen LogP contribution in [0.1, 0.15) is 12.5 Å². The van der Waals surface area contributed by atoms with Crippen LogP contribution in [0.15, 0.2) is 63.5 Å². The second-order valence-electron chi connectivity index (χ2n) is 4.90. The number of phenols is 1. The monoisotopic (exact) mass is 387 g/mol. The molecule has 0 saturated carbocycles. The fourth-order valence-corrected chi connectivity index (χ4v) is 2.90. The fraction of sp³-hybridized carbons (Fsp3) is 0.0588. The maximum atomic E-state index is 9.31. The van der Waals surface area contributed by atoms with Gasteiger partial charge in [-0.15, -0.1) is 11.3 Å². The molecule has 0 fully saturated rings. The van der Waals surface area contributed by atoms with Crippen molar-refractivity contribution in [1.82, 2.24) is 4.98 Å². The summed E-state index contributed by atoms with van der Waals surface area (Å²) in [5, 5.41) is 16.4. The molecule has 4 nitrogen and oxygen atoms in total. The van der Waals surface area contributed by atoms with Gasteiger partial charge in [-0.05, 0) is 48.9 Å². The molecule has 0 radical (unpaired) electrons. The van der Waals surface area contributed by atoms with Crippen molar-refractivity contribution in [1.29, 1.82) is 0 Å². The molecular formula is C17H14BrN3OS. The first kappa shape index (κ1) is 15.7. The van der Waals surface area contributed by atoms with Crippen molar-refractivity contribution in [3.05, 3.63) is 63.9 Å². The van der Waals surface area contributed by atoms with Crippen LogP contribution in [0.25, 0.3) is 11.3 Å². The predicted octanol–water partition coefficient (Wildman–Crippen LogP) is 5.11. The van der Waals surface area contributed by atoms with Crippen molar-refractivity contribution < 1.29 is 5.11 Å². The Morgan fingerprint density at radius 1 is 1.13 bits per heavy atom. The zero-order chi connectivity index (χ0) is 16.2. The number of hydrogen-bond donors (Lipinski definition) is 2. The van der Waals surface area contributed by atoms with Crippen molar-refractivity contribution in [2.75, 3.05) is 5.43 Å². The number of hydrogen-bond acceptors (Lipinski definition) is 5. The van der Waals surface area contributed by atoms with Crippen molar-refractivity contribution in [2.45, 2.75) is 6.92 Å². The molecule has 0 unspecified atom stereocenters. The Balaban J connectivity index is 1.72. The van der Waals surface area contributed by atoms with E-state index in [9.17, 15) is 5.11 Å². The first-order valence-electron chi connectivity index (χ1n) is 6.93. The van der Waals surface area contributed by atoms with E-state index in [0.717, 1.165) is 32.1 Å². The van der Waals surface area contributed by atoms with Gasteiger partial charge >= 0.3 is 0 Å². The minimum Gasteiger partial charge on any atom is -0.508 e. The zero-order valence-electron chi connectivity index (χ0n) is 12.3. The highest BCUT2D eigenvalue weighted by atomic mass is 79.9. The molecule has 1 heterocycles. The SMILES string of the molecule is CC(=NNc1nc(-c2ccc(Br)cc2)cs1)c1ccc(O)cc1. The summed E-state index contributed by atoms with van der Waals surface area (Å²) in [6.07, 6.45) is 0. The van der Waals surface area contributed by atoms with Gasteiger partial charge in [-0.2, -0.15) is 5.10 Å². The molecule has 0 amide bonds. The molecule has 0 bridgehead atoms. The van der Waals surface area contributed by atoms with Crippen LogP contribution in [0, 0.1) is 0 Å². The Morgan fingerprint density at radius 3 is 2.52 bits per heavy atom. The summed E-state index contributed by atoms with van der Waals surface area (Å²) in [7, 11) is 0. The van der Waals surface area contributed by atoms with E-state index in [2.05, 4.69) is 31.4 Å². The van der Waals surface area contributed by atoms with Gasteiger partial charge in [0.2, 0.25) is 5.13 Å². The zero-order valence-corrected chi connectivity index (χ0v) is 14.7. The average molecular weight is 388 g/mol. The molecule has 1 aromatic heterocycles. The van der Waals surface area contributed by atoms with Gasteiger partial charge < -0.3 is 5.11 Å². The highest BCUT2D eigenvalue weighted by Crippen LogP contribution is 2.26. The third-order valence-electron chi connectivity index (χ3n) is 3.25. The molecule has 3 aromatic rings. The highest BCUT2D eigenvalue weighted by Gasteiger charge is 2.04. The molecule has 3 rings (SSSR count). The Morgan fingerprint density at radius 2 is 1.83 bits per heavy atom. The second-order valence-corrected chi connectivity index (χ2v) is 6.67. The normalized spacial score (nSPS) is 11.5. The van der Waals surface area contributed by atoms with Gasteiger partial charge in [0.05, 0.1) is 11.4 Å². The third kappa shape index (κ3) is 3.97. The predicted molar refractivity (Wildman–Crippen MR) is 99.2 cm³/mol. The van der Waals surface area contributed by atoms with E-state index < -0.39 is 0 Å². The number of nitrogens with one attached hydrogen (secondary N) is 1. The van der Waals surface area contributed by atoms with Gasteiger partial charge in [-0.3, -0.25) is 5.43 Å². The lowest BCUT2D eigenvalue weighted by atomic mass is 10.1. The lowest BCUT2D eigenvalue weighted by Crippen LogP contribution is -1.99. The van der Waals surface area contributed by atoms with E-state index in [-0.39, 0.29) is 5.75 Å². The molecule has 23 heavy (non-hydrogen) atoms. The molecular weight excluding hydrogens is 374 g/mol. The first-order valence-corrected chi connectivity index (χ1v) is 8.60. The van der Waals surface area contributed by atoms with Gasteiger partial charge in [0.15, 0.2) is 0 Å². The fourth-order valence-electron chi connectivity index (χ4n) is 1.98. The summed E-state index contributed by atoms with van der Waals surface area (Å²) in [6, 6.07) is 15.0. The molecule has 116 valence electrons. The van der Waals surface area contributed by atoms with E-state index in [0.29, 0.717) is 0 Å². The molecule has 0 aliphatic carbocycles. The van der Waals surface area contributed by atoms with Crippen LogP contribution in [0.3, 0.4) is 0 Å². The van der Waals surface area contributed by atoms with Crippen LogP contribution in [0.4, 0.5) is 5.13 Å². The number of aromatic hydroxyl groups is 1. The summed E-state index contributed by atoms with van der Waals surface area (Å²) >= 11 is 4.93. The van der Waals surface area contributed by atoms with E-state index in [1.807, 2.05) is 48.7 Å². The molecule has 2 N–H and O–H groups in total. The van der Waals surface area contributed by atoms with E-state index >= 15 is 0 Å². The second kappa shape index (κ2) is 6.93.